The molecule has 0 bridgehead atoms. The van der Waals surface area contributed by atoms with E-state index in [1.165, 1.54) is 0 Å². The van der Waals surface area contributed by atoms with Crippen LogP contribution in [0.1, 0.15) is 13.3 Å². The Morgan fingerprint density at radius 1 is 1.45 bits per heavy atom. The first-order chi connectivity index (χ1) is 5.18. The summed E-state index contributed by atoms with van der Waals surface area (Å²) < 4.78 is 4.19. The lowest BCUT2D eigenvalue weighted by atomic mass is 10.5. The Kier molecular flexibility index (Phi) is 4.58. The summed E-state index contributed by atoms with van der Waals surface area (Å²) in [6.45, 7) is 1.69. The van der Waals surface area contributed by atoms with E-state index in [2.05, 4.69) is 16.6 Å². The molecule has 0 spiro atoms. The molecule has 0 atom stereocenters. The second-order valence-corrected chi connectivity index (χ2v) is 1.59. The van der Waals surface area contributed by atoms with Crippen LogP contribution in [-0.4, -0.2) is 23.7 Å². The van der Waals surface area contributed by atoms with Crippen molar-refractivity contribution in [1.82, 2.24) is 0 Å². The maximum Gasteiger partial charge on any atom is 0.418 e. The van der Waals surface area contributed by atoms with Crippen molar-refractivity contribution < 1.29 is 19.4 Å². The lowest BCUT2D eigenvalue weighted by molar-refractivity contribution is -0.162. The highest BCUT2D eigenvalue weighted by atomic mass is 16.6. The molecule has 0 heterocycles. The van der Waals surface area contributed by atoms with Crippen molar-refractivity contribution in [2.75, 3.05) is 6.61 Å². The molecule has 0 aliphatic heterocycles. The predicted molar refractivity (Wildman–Crippen MR) is 36.7 cm³/mol. The Morgan fingerprint density at radius 2 is 2.09 bits per heavy atom. The molecule has 0 amide bonds. The summed E-state index contributed by atoms with van der Waals surface area (Å²) in [5.74, 6) is 2.22. The fraction of sp³-hybridized carbons (Fsp3) is 0.429. The third kappa shape index (κ3) is 4.97. The highest BCUT2D eigenvalue weighted by Crippen LogP contribution is 1.77. The lowest BCUT2D eigenvalue weighted by Gasteiger charge is -1.92. The molecule has 4 nitrogen and oxygen atoms in total. The van der Waals surface area contributed by atoms with Crippen LogP contribution in [0.5, 0.6) is 0 Å². The number of aliphatic carboxylic acids is 1. The Morgan fingerprint density at radius 3 is 2.55 bits per heavy atom. The van der Waals surface area contributed by atoms with Crippen LogP contribution in [0.15, 0.2) is 0 Å². The summed E-state index contributed by atoms with van der Waals surface area (Å²) in [5.41, 5.74) is 0. The van der Waals surface area contributed by atoms with Crippen LogP contribution in [0.2, 0.25) is 0 Å². The molecular weight excluding hydrogens is 148 g/mol. The van der Waals surface area contributed by atoms with Crippen molar-refractivity contribution in [3.05, 3.63) is 0 Å². The van der Waals surface area contributed by atoms with E-state index in [4.69, 9.17) is 5.11 Å². The molecule has 0 saturated heterocycles. The highest BCUT2D eigenvalue weighted by molar-refractivity contribution is 6.28. The van der Waals surface area contributed by atoms with Crippen LogP contribution in [0, 0.1) is 11.8 Å². The van der Waals surface area contributed by atoms with E-state index in [0.29, 0.717) is 6.42 Å². The minimum absolute atomic E-state index is 0.154. The van der Waals surface area contributed by atoms with E-state index >= 15 is 0 Å². The Balaban J connectivity index is 3.55. The van der Waals surface area contributed by atoms with Crippen LogP contribution in [0.25, 0.3) is 0 Å². The molecule has 60 valence electrons. The largest absolute Gasteiger partial charge is 0.473 e. The van der Waals surface area contributed by atoms with Crippen molar-refractivity contribution in [2.24, 2.45) is 0 Å². The Bertz CT molecular complexity index is 208. The first kappa shape index (κ1) is 9.50. The monoisotopic (exact) mass is 156 g/mol. The van der Waals surface area contributed by atoms with Gasteiger partial charge in [0.25, 0.3) is 0 Å². The molecule has 0 aromatic rings. The van der Waals surface area contributed by atoms with Crippen LogP contribution in [0.4, 0.5) is 0 Å². The number of hydrogen-bond donors (Lipinski definition) is 1. The van der Waals surface area contributed by atoms with E-state index in [1.807, 2.05) is 6.92 Å². The summed E-state index contributed by atoms with van der Waals surface area (Å²) in [7, 11) is 0. The minimum Gasteiger partial charge on any atom is -0.473 e. The van der Waals surface area contributed by atoms with E-state index in [0.717, 1.165) is 0 Å². The number of carbonyl (C=O) groups excluding carboxylic acids is 1. The maximum atomic E-state index is 10.2. The summed E-state index contributed by atoms with van der Waals surface area (Å²) in [5, 5.41) is 8.02. The van der Waals surface area contributed by atoms with Gasteiger partial charge in [-0.3, -0.25) is 0 Å². The summed E-state index contributed by atoms with van der Waals surface area (Å²) >= 11 is 0. The molecule has 0 unspecified atom stereocenters. The average molecular weight is 156 g/mol. The van der Waals surface area contributed by atoms with Crippen LogP contribution < -0.4 is 0 Å². The Hall–Kier alpha value is -1.50. The fourth-order valence-electron chi connectivity index (χ4n) is 0.339. The second-order valence-electron chi connectivity index (χ2n) is 1.59. The molecule has 4 heteroatoms. The zero-order valence-corrected chi connectivity index (χ0v) is 6.09. The molecule has 0 aliphatic rings. The van der Waals surface area contributed by atoms with Crippen molar-refractivity contribution in [3.8, 4) is 11.8 Å². The number of hydrogen-bond acceptors (Lipinski definition) is 3. The highest BCUT2D eigenvalue weighted by Gasteiger charge is 2.10. The van der Waals surface area contributed by atoms with Crippen LogP contribution in [0.3, 0.4) is 0 Å². The number of rotatable bonds is 1. The first-order valence-corrected chi connectivity index (χ1v) is 3.04. The van der Waals surface area contributed by atoms with Crippen molar-refractivity contribution in [3.63, 3.8) is 0 Å². The van der Waals surface area contributed by atoms with E-state index < -0.39 is 11.9 Å². The smallest absolute Gasteiger partial charge is 0.418 e. The summed E-state index contributed by atoms with van der Waals surface area (Å²) in [6, 6.07) is 0. The van der Waals surface area contributed by atoms with Crippen LogP contribution >= 0.6 is 0 Å². The van der Waals surface area contributed by atoms with Gasteiger partial charge in [0.05, 0.1) is 0 Å². The van der Waals surface area contributed by atoms with Gasteiger partial charge in [-0.05, 0) is 0 Å². The van der Waals surface area contributed by atoms with Gasteiger partial charge >= 0.3 is 11.9 Å². The number of carboxylic acid groups (broad SMARTS) is 1. The topological polar surface area (TPSA) is 63.6 Å². The van der Waals surface area contributed by atoms with Gasteiger partial charge in [-0.2, -0.15) is 0 Å². The van der Waals surface area contributed by atoms with Gasteiger partial charge in [-0.25, -0.2) is 9.59 Å². The molecular formula is C7H8O4. The fourth-order valence-corrected chi connectivity index (χ4v) is 0.339. The minimum atomic E-state index is -1.59. The SMILES string of the molecule is CCC#CCOC(=O)C(=O)O. The summed E-state index contributed by atoms with van der Waals surface area (Å²) in [4.78, 5) is 20.1. The third-order valence-electron chi connectivity index (χ3n) is 0.752. The van der Waals surface area contributed by atoms with Crippen molar-refractivity contribution in [1.29, 1.82) is 0 Å². The summed E-state index contributed by atoms with van der Waals surface area (Å²) in [6.07, 6.45) is 0.657. The van der Waals surface area contributed by atoms with E-state index in [-0.39, 0.29) is 6.61 Å². The number of carboxylic acids is 1. The molecule has 0 saturated carbocycles. The van der Waals surface area contributed by atoms with Gasteiger partial charge in [-0.15, -0.1) is 5.92 Å². The molecule has 0 aromatic heterocycles. The maximum absolute atomic E-state index is 10.2. The molecule has 1 N–H and O–H groups in total. The average Bonchev–Trinajstić information content (AvgIpc) is 1.97. The third-order valence-corrected chi connectivity index (χ3v) is 0.752. The zero-order chi connectivity index (χ0) is 8.69. The molecule has 0 aromatic carbocycles. The molecule has 0 radical (unpaired) electrons. The molecule has 0 fully saturated rings. The molecule has 0 rings (SSSR count). The first-order valence-electron chi connectivity index (χ1n) is 3.04. The van der Waals surface area contributed by atoms with Gasteiger partial charge < -0.3 is 9.84 Å². The predicted octanol–water partition coefficient (Wildman–Crippen LogP) is 0.0276. The normalized spacial score (nSPS) is 7.73. The number of esters is 1. The number of ether oxygens (including phenoxy) is 1. The van der Waals surface area contributed by atoms with Gasteiger partial charge in [0.2, 0.25) is 0 Å². The van der Waals surface area contributed by atoms with Gasteiger partial charge in [0.1, 0.15) is 0 Å². The zero-order valence-electron chi connectivity index (χ0n) is 6.09. The quantitative estimate of drug-likeness (QED) is 0.330. The van der Waals surface area contributed by atoms with Crippen LogP contribution in [-0.2, 0) is 14.3 Å². The lowest BCUT2D eigenvalue weighted by Crippen LogP contribution is -2.16. The van der Waals surface area contributed by atoms with Gasteiger partial charge in [-0.1, -0.05) is 12.8 Å². The molecule has 11 heavy (non-hydrogen) atoms. The van der Waals surface area contributed by atoms with E-state index in [9.17, 15) is 9.59 Å². The van der Waals surface area contributed by atoms with Crippen molar-refractivity contribution >= 4 is 11.9 Å². The molecule has 0 aliphatic carbocycles. The van der Waals surface area contributed by atoms with E-state index in [1.54, 1.807) is 0 Å². The second kappa shape index (κ2) is 5.30. The van der Waals surface area contributed by atoms with Gasteiger partial charge in [0, 0.05) is 6.42 Å². The standard InChI is InChI=1S/C7H8O4/c1-2-3-4-5-11-7(10)6(8)9/h2,5H2,1H3,(H,8,9). The van der Waals surface area contributed by atoms with Gasteiger partial charge in [0.15, 0.2) is 6.61 Å². The van der Waals surface area contributed by atoms with Crippen molar-refractivity contribution in [2.45, 2.75) is 13.3 Å². The Labute approximate surface area is 64.2 Å². The number of carbonyl (C=O) groups is 2.